The quantitative estimate of drug-likeness (QED) is 0.115. The van der Waals surface area contributed by atoms with E-state index in [-0.39, 0.29) is 17.9 Å². The van der Waals surface area contributed by atoms with Crippen LogP contribution in [0.3, 0.4) is 0 Å². The van der Waals surface area contributed by atoms with Gasteiger partial charge in [0.1, 0.15) is 5.01 Å². The fraction of sp³-hybridized carbons (Fsp3) is 0.250. The summed E-state index contributed by atoms with van der Waals surface area (Å²) in [6, 6.07) is 37.2. The van der Waals surface area contributed by atoms with E-state index in [0.29, 0.717) is 25.9 Å². The monoisotopic (exact) mass is 711 g/mol. The molecular weight excluding hydrogens is 667 g/mol. The van der Waals surface area contributed by atoms with Crippen molar-refractivity contribution in [1.29, 1.82) is 0 Å². The Kier molecular flexibility index (Phi) is 12.4. The van der Waals surface area contributed by atoms with Crippen LogP contribution >= 0.6 is 23.1 Å². The Balaban J connectivity index is 1.06. The molecule has 1 aliphatic rings. The molecule has 51 heavy (non-hydrogen) atoms. The van der Waals surface area contributed by atoms with Crippen LogP contribution in [0.1, 0.15) is 60.8 Å². The summed E-state index contributed by atoms with van der Waals surface area (Å²) in [7, 11) is 0. The van der Waals surface area contributed by atoms with Crippen LogP contribution in [-0.2, 0) is 22.4 Å². The Morgan fingerprint density at radius 1 is 0.882 bits per heavy atom. The van der Waals surface area contributed by atoms with Crippen LogP contribution in [0.4, 0.5) is 0 Å². The van der Waals surface area contributed by atoms with Crippen LogP contribution in [0.25, 0.3) is 26.5 Å². The molecule has 5 nitrogen and oxygen atoms in total. The number of rotatable bonds is 14. The van der Waals surface area contributed by atoms with Crippen molar-refractivity contribution in [2.75, 3.05) is 19.6 Å². The summed E-state index contributed by atoms with van der Waals surface area (Å²) in [4.78, 5) is 38.2. The molecule has 0 N–H and O–H groups in total. The van der Waals surface area contributed by atoms with Gasteiger partial charge in [-0.2, -0.15) is 0 Å². The molecule has 6 rings (SSSR count). The first-order valence-electron chi connectivity index (χ1n) is 17.8. The molecule has 0 saturated carbocycles. The minimum absolute atomic E-state index is 0.0487. The van der Waals surface area contributed by atoms with Crippen molar-refractivity contribution in [2.45, 2.75) is 52.0 Å². The molecule has 260 valence electrons. The second-order valence-electron chi connectivity index (χ2n) is 12.9. The van der Waals surface area contributed by atoms with Gasteiger partial charge in [0.25, 0.3) is 0 Å². The third-order valence-electron chi connectivity index (χ3n) is 9.18. The van der Waals surface area contributed by atoms with Gasteiger partial charge in [-0.1, -0.05) is 141 Å². The smallest absolute Gasteiger partial charge is 0.227 e. The van der Waals surface area contributed by atoms with Crippen LogP contribution in [0, 0.1) is 0 Å². The molecule has 0 radical (unpaired) electrons. The fourth-order valence-corrected chi connectivity index (χ4v) is 8.53. The minimum Gasteiger partial charge on any atom is -0.338 e. The maximum absolute atomic E-state index is 13.2. The molecule has 1 aliphatic heterocycles. The van der Waals surface area contributed by atoms with Crippen molar-refractivity contribution in [2.24, 2.45) is 0 Å². The first kappa shape index (κ1) is 36.1. The van der Waals surface area contributed by atoms with E-state index in [4.69, 9.17) is 4.98 Å². The molecule has 1 fully saturated rings. The van der Waals surface area contributed by atoms with Crippen LogP contribution in [0.2, 0.25) is 0 Å². The summed E-state index contributed by atoms with van der Waals surface area (Å²) in [6.45, 7) is 10.5. The summed E-state index contributed by atoms with van der Waals surface area (Å²) in [5.74, 6) is 0.301. The summed E-state index contributed by atoms with van der Waals surface area (Å²) >= 11 is 3.33. The average molecular weight is 712 g/mol. The number of benzene rings is 4. The van der Waals surface area contributed by atoms with E-state index in [1.54, 1.807) is 23.1 Å². The van der Waals surface area contributed by atoms with Crippen molar-refractivity contribution in [3.63, 3.8) is 0 Å². The van der Waals surface area contributed by atoms with Crippen molar-refractivity contribution in [3.05, 3.63) is 155 Å². The first-order chi connectivity index (χ1) is 24.9. The first-order valence-corrected chi connectivity index (χ1v) is 19.4. The Morgan fingerprint density at radius 3 is 2.12 bits per heavy atom. The number of carbonyl (C=O) groups excluding carboxylic acids is 2. The van der Waals surface area contributed by atoms with Crippen molar-refractivity contribution in [3.8, 4) is 21.6 Å². The van der Waals surface area contributed by atoms with Gasteiger partial charge in [-0.15, -0.1) is 11.3 Å². The summed E-state index contributed by atoms with van der Waals surface area (Å²) in [6.07, 6.45) is 7.76. The topological polar surface area (TPSA) is 53.5 Å². The normalized spacial score (nSPS) is 14.4. The van der Waals surface area contributed by atoms with Gasteiger partial charge in [0.05, 0.1) is 30.3 Å². The number of thioether (sulfide) groups is 1. The highest BCUT2D eigenvalue weighted by Gasteiger charge is 2.32. The highest BCUT2D eigenvalue weighted by molar-refractivity contribution is 8.11. The van der Waals surface area contributed by atoms with E-state index in [0.717, 1.165) is 78.9 Å². The molecular formula is C44H45N3O2S2. The van der Waals surface area contributed by atoms with E-state index < -0.39 is 0 Å². The maximum atomic E-state index is 13.2. The number of hydrogen-bond donors (Lipinski definition) is 0. The molecule has 0 spiro atoms. The van der Waals surface area contributed by atoms with Gasteiger partial charge in [-0.3, -0.25) is 9.59 Å². The molecule has 2 amide bonds. The molecule has 2 heterocycles. The number of thiazole rings is 1. The van der Waals surface area contributed by atoms with E-state index in [2.05, 4.69) is 68.1 Å². The number of carbonyl (C=O) groups is 2. The summed E-state index contributed by atoms with van der Waals surface area (Å²) in [5.41, 5.74) is 6.63. The van der Waals surface area contributed by atoms with Gasteiger partial charge < -0.3 is 9.80 Å². The molecule has 1 saturated heterocycles. The van der Waals surface area contributed by atoms with Crippen molar-refractivity contribution in [1.82, 2.24) is 14.8 Å². The standard InChI is InChI=1S/C44H45N3O2S2/c1-4-26-46(42(48)28-33-13-8-6-9-14-33)31-32(3)50-40(5-2)37-22-18-35(19-23-37)36-20-24-38(25-21-36)41-30-45-44(51-41)39-17-12-27-47(39)43(49)29-34-15-10-7-11-16-34/h5-11,13-16,18-25,30,39H,3-4,12,17,26-29,31H2,1-2H3/b40-5-/t39-/m0/s1. The lowest BCUT2D eigenvalue weighted by molar-refractivity contribution is -0.131. The molecule has 0 bridgehead atoms. The number of likely N-dealkylation sites (tertiary alicyclic amines) is 1. The molecule has 1 atom stereocenters. The average Bonchev–Trinajstić information content (AvgIpc) is 3.86. The van der Waals surface area contributed by atoms with E-state index >= 15 is 0 Å². The predicted octanol–water partition coefficient (Wildman–Crippen LogP) is 10.5. The Bertz CT molecular complexity index is 1950. The predicted molar refractivity (Wildman–Crippen MR) is 214 cm³/mol. The van der Waals surface area contributed by atoms with Gasteiger partial charge in [-0.25, -0.2) is 4.98 Å². The SMILES string of the molecule is C=C(CN(CCC)C(=O)Cc1ccccc1)S/C(=C\C)c1ccc(-c2ccc(-c3cnc([C@@H]4CCCN4C(=O)Cc4ccccc4)s3)cc2)cc1. The lowest BCUT2D eigenvalue weighted by Crippen LogP contribution is -2.34. The van der Waals surface area contributed by atoms with Gasteiger partial charge >= 0.3 is 0 Å². The fourth-order valence-electron chi connectivity index (χ4n) is 6.55. The summed E-state index contributed by atoms with van der Waals surface area (Å²) < 4.78 is 0. The van der Waals surface area contributed by atoms with Gasteiger partial charge in [0.15, 0.2) is 0 Å². The van der Waals surface area contributed by atoms with E-state index in [1.807, 2.05) is 83.6 Å². The van der Waals surface area contributed by atoms with Crippen LogP contribution in [0.15, 0.2) is 133 Å². The van der Waals surface area contributed by atoms with Crippen molar-refractivity contribution < 1.29 is 9.59 Å². The molecule has 0 unspecified atom stereocenters. The van der Waals surface area contributed by atoms with Crippen LogP contribution < -0.4 is 0 Å². The molecule has 5 aromatic rings. The lowest BCUT2D eigenvalue weighted by Gasteiger charge is -2.23. The number of allylic oxidation sites excluding steroid dienone is 1. The minimum atomic E-state index is 0.0487. The number of aromatic nitrogens is 1. The van der Waals surface area contributed by atoms with E-state index in [1.165, 1.54) is 0 Å². The Morgan fingerprint density at radius 2 is 1.49 bits per heavy atom. The van der Waals surface area contributed by atoms with E-state index in [9.17, 15) is 9.59 Å². The lowest BCUT2D eigenvalue weighted by atomic mass is 10.0. The zero-order chi connectivity index (χ0) is 35.6. The third-order valence-corrected chi connectivity index (χ3v) is 11.4. The third kappa shape index (κ3) is 9.34. The maximum Gasteiger partial charge on any atom is 0.227 e. The second kappa shape index (κ2) is 17.5. The zero-order valence-corrected chi connectivity index (χ0v) is 31.1. The Labute approximate surface area is 310 Å². The number of nitrogens with zero attached hydrogens (tertiary/aromatic N) is 3. The van der Waals surface area contributed by atoms with Crippen LogP contribution in [0.5, 0.6) is 0 Å². The molecule has 0 aliphatic carbocycles. The van der Waals surface area contributed by atoms with Gasteiger partial charge in [0, 0.05) is 29.1 Å². The van der Waals surface area contributed by atoms with Crippen molar-refractivity contribution >= 4 is 39.8 Å². The largest absolute Gasteiger partial charge is 0.338 e. The van der Waals surface area contributed by atoms with Gasteiger partial charge in [-0.05, 0) is 59.6 Å². The second-order valence-corrected chi connectivity index (χ2v) is 15.2. The highest BCUT2D eigenvalue weighted by atomic mass is 32.2. The number of hydrogen-bond acceptors (Lipinski definition) is 5. The van der Waals surface area contributed by atoms with Crippen LogP contribution in [-0.4, -0.2) is 46.2 Å². The summed E-state index contributed by atoms with van der Waals surface area (Å²) in [5, 5.41) is 1.01. The number of amides is 2. The Hall–Kier alpha value is -4.72. The zero-order valence-electron chi connectivity index (χ0n) is 29.5. The highest BCUT2D eigenvalue weighted by Crippen LogP contribution is 2.38. The van der Waals surface area contributed by atoms with Gasteiger partial charge in [0.2, 0.25) is 11.8 Å². The molecule has 7 heteroatoms. The molecule has 1 aromatic heterocycles. The molecule has 4 aromatic carbocycles.